The molecule has 20 heavy (non-hydrogen) atoms. The van der Waals surface area contributed by atoms with E-state index in [1.807, 2.05) is 26.1 Å². The fourth-order valence-electron chi connectivity index (χ4n) is 2.48. The second-order valence-corrected chi connectivity index (χ2v) is 6.26. The standard InChI is InChI=1S/C15H18N4S/c1-10(16)6-12-7-19(8-13-9-20-11(2)18-13)15-14(12)4-3-5-17-15/h3-5,7,9-10H,6,8,16H2,1-2H3. The summed E-state index contributed by atoms with van der Waals surface area (Å²) in [5.41, 5.74) is 9.29. The number of nitrogens with two attached hydrogens (primary N) is 1. The Morgan fingerprint density at radius 1 is 1.45 bits per heavy atom. The molecular weight excluding hydrogens is 268 g/mol. The van der Waals surface area contributed by atoms with Crippen molar-refractivity contribution >= 4 is 22.4 Å². The normalized spacial score (nSPS) is 12.9. The van der Waals surface area contributed by atoms with Gasteiger partial charge in [0.2, 0.25) is 0 Å². The van der Waals surface area contributed by atoms with E-state index >= 15 is 0 Å². The highest BCUT2D eigenvalue weighted by Gasteiger charge is 2.11. The van der Waals surface area contributed by atoms with Crippen LogP contribution in [0.1, 0.15) is 23.2 Å². The van der Waals surface area contributed by atoms with Gasteiger partial charge in [0.25, 0.3) is 0 Å². The first-order chi connectivity index (χ1) is 9.63. The van der Waals surface area contributed by atoms with Crippen molar-refractivity contribution in [2.24, 2.45) is 5.73 Å². The van der Waals surface area contributed by atoms with Gasteiger partial charge in [0.15, 0.2) is 0 Å². The molecule has 3 heterocycles. The molecule has 3 rings (SSSR count). The van der Waals surface area contributed by atoms with Crippen molar-refractivity contribution < 1.29 is 0 Å². The van der Waals surface area contributed by atoms with Crippen LogP contribution in [0, 0.1) is 6.92 Å². The second kappa shape index (κ2) is 5.34. The van der Waals surface area contributed by atoms with Gasteiger partial charge < -0.3 is 10.3 Å². The summed E-state index contributed by atoms with van der Waals surface area (Å²) in [5, 5.41) is 4.40. The lowest BCUT2D eigenvalue weighted by Gasteiger charge is -2.02. The van der Waals surface area contributed by atoms with Gasteiger partial charge in [-0.1, -0.05) is 0 Å². The number of rotatable bonds is 4. The molecule has 4 nitrogen and oxygen atoms in total. The molecule has 0 fully saturated rings. The first-order valence-corrected chi connectivity index (χ1v) is 7.61. The van der Waals surface area contributed by atoms with Crippen molar-refractivity contribution in [3.8, 4) is 0 Å². The number of aromatic nitrogens is 3. The molecule has 0 saturated carbocycles. The van der Waals surface area contributed by atoms with Crippen LogP contribution in [-0.2, 0) is 13.0 Å². The molecule has 0 saturated heterocycles. The lowest BCUT2D eigenvalue weighted by molar-refractivity contribution is 0.732. The summed E-state index contributed by atoms with van der Waals surface area (Å²) in [5.74, 6) is 0. The van der Waals surface area contributed by atoms with Crippen LogP contribution in [0.15, 0.2) is 29.9 Å². The smallest absolute Gasteiger partial charge is 0.140 e. The van der Waals surface area contributed by atoms with Gasteiger partial charge in [0.1, 0.15) is 5.65 Å². The Balaban J connectivity index is 2.02. The highest BCUT2D eigenvalue weighted by molar-refractivity contribution is 7.09. The summed E-state index contributed by atoms with van der Waals surface area (Å²) in [7, 11) is 0. The first kappa shape index (κ1) is 13.3. The minimum Gasteiger partial charge on any atom is -0.328 e. The summed E-state index contributed by atoms with van der Waals surface area (Å²) in [6.07, 6.45) is 4.86. The monoisotopic (exact) mass is 286 g/mol. The minimum absolute atomic E-state index is 0.149. The molecule has 0 aliphatic carbocycles. The molecule has 0 bridgehead atoms. The van der Waals surface area contributed by atoms with E-state index in [1.54, 1.807) is 11.3 Å². The minimum atomic E-state index is 0.149. The molecule has 0 aliphatic heterocycles. The lowest BCUT2D eigenvalue weighted by atomic mass is 10.1. The second-order valence-electron chi connectivity index (χ2n) is 5.20. The molecule has 0 radical (unpaired) electrons. The van der Waals surface area contributed by atoms with Crippen molar-refractivity contribution in [2.45, 2.75) is 32.9 Å². The van der Waals surface area contributed by atoms with Crippen molar-refractivity contribution in [3.63, 3.8) is 0 Å². The van der Waals surface area contributed by atoms with E-state index in [-0.39, 0.29) is 6.04 Å². The maximum atomic E-state index is 5.94. The topological polar surface area (TPSA) is 56.7 Å². The number of hydrogen-bond donors (Lipinski definition) is 1. The molecular formula is C15H18N4S. The molecule has 0 amide bonds. The predicted molar refractivity (Wildman–Crippen MR) is 83.0 cm³/mol. The first-order valence-electron chi connectivity index (χ1n) is 6.73. The van der Waals surface area contributed by atoms with Gasteiger partial charge in [0, 0.05) is 29.2 Å². The Morgan fingerprint density at radius 2 is 2.30 bits per heavy atom. The number of aryl methyl sites for hydroxylation is 1. The van der Waals surface area contributed by atoms with E-state index in [0.717, 1.165) is 29.3 Å². The van der Waals surface area contributed by atoms with Gasteiger partial charge in [-0.25, -0.2) is 9.97 Å². The third-order valence-electron chi connectivity index (χ3n) is 3.26. The summed E-state index contributed by atoms with van der Waals surface area (Å²) in [6.45, 7) is 4.82. The SMILES string of the molecule is Cc1nc(Cn2cc(CC(C)N)c3cccnc32)cs1. The van der Waals surface area contributed by atoms with Crippen LogP contribution in [0.4, 0.5) is 0 Å². The van der Waals surface area contributed by atoms with Crippen LogP contribution >= 0.6 is 11.3 Å². The van der Waals surface area contributed by atoms with Crippen molar-refractivity contribution in [2.75, 3.05) is 0 Å². The van der Waals surface area contributed by atoms with Crippen LogP contribution in [0.25, 0.3) is 11.0 Å². The molecule has 5 heteroatoms. The van der Waals surface area contributed by atoms with Crippen LogP contribution in [0.2, 0.25) is 0 Å². The summed E-state index contributed by atoms with van der Waals surface area (Å²) in [4.78, 5) is 9.04. The predicted octanol–water partition coefficient (Wildman–Crippen LogP) is 2.74. The number of pyridine rings is 1. The number of hydrogen-bond acceptors (Lipinski definition) is 4. The van der Waals surface area contributed by atoms with E-state index in [9.17, 15) is 0 Å². The highest BCUT2D eigenvalue weighted by atomic mass is 32.1. The van der Waals surface area contributed by atoms with Crippen molar-refractivity contribution in [1.29, 1.82) is 0 Å². The summed E-state index contributed by atoms with van der Waals surface area (Å²) >= 11 is 1.68. The van der Waals surface area contributed by atoms with Gasteiger partial charge in [0.05, 0.1) is 17.2 Å². The molecule has 1 unspecified atom stereocenters. The fourth-order valence-corrected chi connectivity index (χ4v) is 3.08. The maximum absolute atomic E-state index is 5.94. The molecule has 0 spiro atoms. The van der Waals surface area contributed by atoms with Crippen LogP contribution in [-0.4, -0.2) is 20.6 Å². The Labute approximate surface area is 122 Å². The van der Waals surface area contributed by atoms with Gasteiger partial charge in [-0.2, -0.15) is 0 Å². The van der Waals surface area contributed by atoms with Crippen molar-refractivity contribution in [3.05, 3.63) is 46.2 Å². The third-order valence-corrected chi connectivity index (χ3v) is 4.08. The van der Waals surface area contributed by atoms with E-state index < -0.39 is 0 Å². The molecule has 1 atom stereocenters. The zero-order chi connectivity index (χ0) is 14.1. The number of thiazole rings is 1. The van der Waals surface area contributed by atoms with Gasteiger partial charge in [-0.15, -0.1) is 11.3 Å². The van der Waals surface area contributed by atoms with Crippen LogP contribution in [0.5, 0.6) is 0 Å². The zero-order valence-corrected chi connectivity index (χ0v) is 12.5. The fraction of sp³-hybridized carbons (Fsp3) is 0.333. The molecule has 3 aromatic heterocycles. The van der Waals surface area contributed by atoms with Gasteiger partial charge in [-0.05, 0) is 38.0 Å². The van der Waals surface area contributed by atoms with E-state index in [2.05, 4.69) is 32.2 Å². The van der Waals surface area contributed by atoms with Crippen molar-refractivity contribution in [1.82, 2.24) is 14.5 Å². The van der Waals surface area contributed by atoms with E-state index in [0.29, 0.717) is 0 Å². The van der Waals surface area contributed by atoms with E-state index in [1.165, 1.54) is 10.9 Å². The van der Waals surface area contributed by atoms with Crippen LogP contribution in [0.3, 0.4) is 0 Å². The average molecular weight is 286 g/mol. The molecule has 0 aromatic carbocycles. The zero-order valence-electron chi connectivity index (χ0n) is 11.7. The Kier molecular flexibility index (Phi) is 3.54. The number of fused-ring (bicyclic) bond motifs is 1. The molecule has 0 aliphatic rings. The largest absolute Gasteiger partial charge is 0.328 e. The molecule has 2 N–H and O–H groups in total. The average Bonchev–Trinajstić information content (AvgIpc) is 2.95. The number of nitrogens with zero attached hydrogens (tertiary/aromatic N) is 3. The van der Waals surface area contributed by atoms with Gasteiger partial charge >= 0.3 is 0 Å². The molecule has 104 valence electrons. The Bertz CT molecular complexity index is 726. The summed E-state index contributed by atoms with van der Waals surface area (Å²) in [6, 6.07) is 4.24. The third kappa shape index (κ3) is 2.59. The quantitative estimate of drug-likeness (QED) is 0.802. The Morgan fingerprint density at radius 3 is 3.00 bits per heavy atom. The van der Waals surface area contributed by atoms with Crippen LogP contribution < -0.4 is 5.73 Å². The highest BCUT2D eigenvalue weighted by Crippen LogP contribution is 2.22. The van der Waals surface area contributed by atoms with Gasteiger partial charge in [-0.3, -0.25) is 0 Å². The lowest BCUT2D eigenvalue weighted by Crippen LogP contribution is -2.17. The summed E-state index contributed by atoms with van der Waals surface area (Å²) < 4.78 is 2.17. The molecule has 3 aromatic rings. The van der Waals surface area contributed by atoms with E-state index in [4.69, 9.17) is 5.73 Å². The maximum Gasteiger partial charge on any atom is 0.140 e. The Hall–Kier alpha value is -1.72.